The number of thiazole rings is 1. The maximum atomic E-state index is 11.8. The second-order valence-corrected chi connectivity index (χ2v) is 5.82. The van der Waals surface area contributed by atoms with Crippen LogP contribution in [0.2, 0.25) is 0 Å². The van der Waals surface area contributed by atoms with Crippen LogP contribution in [0.1, 0.15) is 22.6 Å². The fraction of sp³-hybridized carbons (Fsp3) is 0.200. The Labute approximate surface area is 121 Å². The van der Waals surface area contributed by atoms with Crippen molar-refractivity contribution in [2.75, 3.05) is 11.1 Å². The molecule has 0 fully saturated rings. The van der Waals surface area contributed by atoms with Gasteiger partial charge in [-0.3, -0.25) is 10.1 Å². The number of nitrogen functional groups attached to an aromatic ring is 1. The van der Waals surface area contributed by atoms with Crippen LogP contribution in [0, 0.1) is 0 Å². The number of aryl methyl sites for hydroxylation is 2. The predicted molar refractivity (Wildman–Crippen MR) is 82.7 cm³/mol. The van der Waals surface area contributed by atoms with Gasteiger partial charge in [0.15, 0.2) is 5.13 Å². The monoisotopic (exact) mass is 285 g/mol. The average Bonchev–Trinajstić information content (AvgIpc) is 2.99. The highest BCUT2D eigenvalue weighted by Gasteiger charge is 2.17. The molecule has 4 nitrogen and oxygen atoms in total. The molecule has 0 saturated heterocycles. The number of benzene rings is 1. The molecule has 1 aliphatic carbocycles. The van der Waals surface area contributed by atoms with Crippen molar-refractivity contribution in [3.05, 3.63) is 46.5 Å². The van der Waals surface area contributed by atoms with E-state index in [2.05, 4.69) is 10.3 Å². The Bertz CT molecular complexity index is 637. The highest BCUT2D eigenvalue weighted by Crippen LogP contribution is 2.30. The van der Waals surface area contributed by atoms with E-state index < -0.39 is 0 Å². The molecule has 0 aliphatic heterocycles. The number of anilines is 2. The molecule has 1 aromatic heterocycles. The number of hydrogen-bond acceptors (Lipinski definition) is 4. The lowest BCUT2D eigenvalue weighted by Crippen LogP contribution is -2.07. The van der Waals surface area contributed by atoms with E-state index in [4.69, 9.17) is 5.73 Å². The summed E-state index contributed by atoms with van der Waals surface area (Å²) in [6.45, 7) is 0. The summed E-state index contributed by atoms with van der Waals surface area (Å²) in [5.41, 5.74) is 8.41. The van der Waals surface area contributed by atoms with Crippen LogP contribution in [0.25, 0.3) is 6.08 Å². The quantitative estimate of drug-likeness (QED) is 0.673. The molecule has 1 heterocycles. The Balaban J connectivity index is 1.62. The largest absolute Gasteiger partial charge is 0.399 e. The van der Waals surface area contributed by atoms with Crippen LogP contribution in [-0.4, -0.2) is 10.9 Å². The molecule has 3 N–H and O–H groups in total. The van der Waals surface area contributed by atoms with Gasteiger partial charge in [-0.2, -0.15) is 0 Å². The number of nitrogens with two attached hydrogens (primary N) is 1. The molecule has 0 unspecified atom stereocenters. The number of fused-ring (bicyclic) bond motifs is 1. The van der Waals surface area contributed by atoms with Crippen molar-refractivity contribution in [1.29, 1.82) is 0 Å². The van der Waals surface area contributed by atoms with E-state index in [1.807, 2.05) is 24.3 Å². The van der Waals surface area contributed by atoms with Gasteiger partial charge >= 0.3 is 0 Å². The third-order valence-corrected chi connectivity index (χ3v) is 4.26. The Hall–Kier alpha value is -2.14. The normalized spacial score (nSPS) is 13.6. The van der Waals surface area contributed by atoms with E-state index in [0.717, 1.165) is 24.1 Å². The maximum absolute atomic E-state index is 11.8. The van der Waals surface area contributed by atoms with Gasteiger partial charge in [-0.25, -0.2) is 4.98 Å². The number of amides is 1. The van der Waals surface area contributed by atoms with Crippen molar-refractivity contribution >= 4 is 34.1 Å². The second-order valence-electron chi connectivity index (χ2n) is 4.73. The molecule has 20 heavy (non-hydrogen) atoms. The van der Waals surface area contributed by atoms with Gasteiger partial charge in [0.2, 0.25) is 5.91 Å². The number of nitrogens with one attached hydrogen (secondary N) is 1. The maximum Gasteiger partial charge on any atom is 0.250 e. The van der Waals surface area contributed by atoms with E-state index in [0.29, 0.717) is 10.8 Å². The summed E-state index contributed by atoms with van der Waals surface area (Å²) in [6, 6.07) is 7.36. The highest BCUT2D eigenvalue weighted by molar-refractivity contribution is 7.15. The summed E-state index contributed by atoms with van der Waals surface area (Å²) in [7, 11) is 0. The number of carbonyl (C=O) groups is 1. The van der Waals surface area contributed by atoms with Crippen LogP contribution in [0.3, 0.4) is 0 Å². The van der Waals surface area contributed by atoms with Crippen molar-refractivity contribution in [1.82, 2.24) is 4.98 Å². The number of carbonyl (C=O) groups excluding carboxylic acids is 1. The Morgan fingerprint density at radius 2 is 2.10 bits per heavy atom. The van der Waals surface area contributed by atoms with Gasteiger partial charge in [-0.1, -0.05) is 12.1 Å². The minimum atomic E-state index is -0.158. The van der Waals surface area contributed by atoms with Gasteiger partial charge < -0.3 is 5.73 Å². The summed E-state index contributed by atoms with van der Waals surface area (Å²) in [4.78, 5) is 17.6. The van der Waals surface area contributed by atoms with Gasteiger partial charge in [-0.15, -0.1) is 11.3 Å². The van der Waals surface area contributed by atoms with Crippen molar-refractivity contribution in [2.24, 2.45) is 0 Å². The molecule has 5 heteroatoms. The summed E-state index contributed by atoms with van der Waals surface area (Å²) in [5, 5.41) is 3.51. The fourth-order valence-electron chi connectivity index (χ4n) is 2.17. The molecule has 102 valence electrons. The van der Waals surface area contributed by atoms with Gasteiger partial charge in [0, 0.05) is 16.6 Å². The van der Waals surface area contributed by atoms with Crippen molar-refractivity contribution in [3.63, 3.8) is 0 Å². The number of aromatic nitrogens is 1. The van der Waals surface area contributed by atoms with Crippen LogP contribution >= 0.6 is 11.3 Å². The zero-order valence-electron chi connectivity index (χ0n) is 10.9. The van der Waals surface area contributed by atoms with Crippen molar-refractivity contribution in [3.8, 4) is 0 Å². The van der Waals surface area contributed by atoms with E-state index in [1.54, 1.807) is 17.4 Å². The van der Waals surface area contributed by atoms with E-state index in [9.17, 15) is 4.79 Å². The molecular formula is C15H15N3OS. The predicted octanol–water partition coefficient (Wildman–Crippen LogP) is 2.87. The molecule has 0 saturated carbocycles. The summed E-state index contributed by atoms with van der Waals surface area (Å²) in [6.07, 6.45) is 6.57. The standard InChI is InChI=1S/C15H15N3OS/c16-11-7-4-10(5-8-11)6-9-14(19)18-15-17-12-2-1-3-13(12)20-15/h4-9H,1-3,16H2,(H,17,18,19)/b9-6+. The minimum Gasteiger partial charge on any atom is -0.399 e. The average molecular weight is 285 g/mol. The zero-order chi connectivity index (χ0) is 13.9. The molecule has 1 aromatic carbocycles. The first-order chi connectivity index (χ1) is 9.70. The first-order valence-corrected chi connectivity index (χ1v) is 7.35. The molecule has 1 amide bonds. The summed E-state index contributed by atoms with van der Waals surface area (Å²) in [5.74, 6) is -0.158. The number of hydrogen-bond donors (Lipinski definition) is 2. The molecule has 0 radical (unpaired) electrons. The Morgan fingerprint density at radius 3 is 2.85 bits per heavy atom. The molecule has 0 spiro atoms. The molecule has 1 aliphatic rings. The topological polar surface area (TPSA) is 68.0 Å². The van der Waals surface area contributed by atoms with Crippen LogP contribution < -0.4 is 11.1 Å². The van der Waals surface area contributed by atoms with Crippen LogP contribution in [0.15, 0.2) is 30.3 Å². The second kappa shape index (κ2) is 5.46. The van der Waals surface area contributed by atoms with E-state index in [-0.39, 0.29) is 5.91 Å². The third-order valence-electron chi connectivity index (χ3n) is 3.19. The summed E-state index contributed by atoms with van der Waals surface area (Å²) >= 11 is 1.58. The zero-order valence-corrected chi connectivity index (χ0v) is 11.7. The smallest absolute Gasteiger partial charge is 0.250 e. The van der Waals surface area contributed by atoms with Crippen LogP contribution in [0.4, 0.5) is 10.8 Å². The first-order valence-electron chi connectivity index (χ1n) is 6.54. The van der Waals surface area contributed by atoms with Crippen LogP contribution in [0.5, 0.6) is 0 Å². The SMILES string of the molecule is Nc1ccc(/C=C/C(=O)Nc2nc3c(s2)CCC3)cc1. The molecule has 0 bridgehead atoms. The third kappa shape index (κ3) is 2.88. The minimum absolute atomic E-state index is 0.158. The lowest BCUT2D eigenvalue weighted by atomic mass is 10.2. The number of nitrogens with zero attached hydrogens (tertiary/aromatic N) is 1. The molecule has 0 atom stereocenters. The Kier molecular flexibility index (Phi) is 3.52. The molecular weight excluding hydrogens is 270 g/mol. The van der Waals surface area contributed by atoms with Gasteiger partial charge in [0.25, 0.3) is 0 Å². The van der Waals surface area contributed by atoms with Crippen LogP contribution in [-0.2, 0) is 17.6 Å². The molecule has 3 rings (SSSR count). The fourth-order valence-corrected chi connectivity index (χ4v) is 3.22. The van der Waals surface area contributed by atoms with E-state index >= 15 is 0 Å². The summed E-state index contributed by atoms with van der Waals surface area (Å²) < 4.78 is 0. The Morgan fingerprint density at radius 1 is 1.30 bits per heavy atom. The lowest BCUT2D eigenvalue weighted by Gasteiger charge is -1.97. The van der Waals surface area contributed by atoms with Gasteiger partial charge in [-0.05, 0) is 43.0 Å². The van der Waals surface area contributed by atoms with Gasteiger partial charge in [0.05, 0.1) is 5.69 Å². The van der Waals surface area contributed by atoms with Crippen molar-refractivity contribution in [2.45, 2.75) is 19.3 Å². The van der Waals surface area contributed by atoms with E-state index in [1.165, 1.54) is 17.4 Å². The first kappa shape index (κ1) is 12.9. The number of rotatable bonds is 3. The van der Waals surface area contributed by atoms with Crippen molar-refractivity contribution < 1.29 is 4.79 Å². The van der Waals surface area contributed by atoms with Gasteiger partial charge in [0.1, 0.15) is 0 Å². The lowest BCUT2D eigenvalue weighted by molar-refractivity contribution is -0.111. The molecule has 2 aromatic rings. The highest BCUT2D eigenvalue weighted by atomic mass is 32.1.